The molecule has 0 rings (SSSR count). The van der Waals surface area contributed by atoms with Crippen LogP contribution in [0.1, 0.15) is 188 Å². The summed E-state index contributed by atoms with van der Waals surface area (Å²) in [5, 5.41) is 0. The molecule has 0 bridgehead atoms. The van der Waals surface area contributed by atoms with Crippen molar-refractivity contribution in [3.05, 3.63) is 0 Å². The van der Waals surface area contributed by atoms with Gasteiger partial charge in [-0.25, -0.2) is 0 Å². The molecule has 0 spiro atoms. The Morgan fingerprint density at radius 1 is 0.500 bits per heavy atom. The normalized spacial score (nSPS) is 11.4. The minimum atomic E-state index is 0.0242. The van der Waals surface area contributed by atoms with Gasteiger partial charge < -0.3 is 4.74 Å². The Morgan fingerprint density at radius 2 is 0.853 bits per heavy atom. The highest BCUT2D eigenvalue weighted by atomic mass is 16.5. The maximum absolute atomic E-state index is 11.9. The number of unbranched alkanes of at least 4 members (excludes halogenated alkanes) is 22. The van der Waals surface area contributed by atoms with Gasteiger partial charge in [0.2, 0.25) is 0 Å². The van der Waals surface area contributed by atoms with Crippen LogP contribution in [-0.4, -0.2) is 12.6 Å². The molecule has 0 aliphatic carbocycles. The Bertz CT molecular complexity index is 390. The van der Waals surface area contributed by atoms with E-state index in [2.05, 4.69) is 20.8 Å². The number of ether oxygens (including phenoxy) is 1. The van der Waals surface area contributed by atoms with E-state index in [1.807, 2.05) is 0 Å². The third kappa shape index (κ3) is 29.5. The zero-order chi connectivity index (χ0) is 25.0. The summed E-state index contributed by atoms with van der Waals surface area (Å²) in [6.45, 7) is 7.55. The maximum Gasteiger partial charge on any atom is 0.305 e. The van der Waals surface area contributed by atoms with Gasteiger partial charge in [-0.1, -0.05) is 168 Å². The summed E-state index contributed by atoms with van der Waals surface area (Å²) in [4.78, 5) is 11.9. The smallest absolute Gasteiger partial charge is 0.305 e. The van der Waals surface area contributed by atoms with Crippen molar-refractivity contribution in [1.82, 2.24) is 0 Å². The molecule has 2 heteroatoms. The maximum atomic E-state index is 11.9. The molecule has 0 N–H and O–H groups in total. The van der Waals surface area contributed by atoms with Crippen LogP contribution in [-0.2, 0) is 9.53 Å². The molecule has 0 aromatic rings. The number of hydrogen-bond acceptors (Lipinski definition) is 2. The molecule has 204 valence electrons. The van der Waals surface area contributed by atoms with Gasteiger partial charge in [0.15, 0.2) is 0 Å². The molecule has 0 saturated carbocycles. The van der Waals surface area contributed by atoms with Crippen LogP contribution in [0.5, 0.6) is 0 Å². The lowest BCUT2D eigenvalue weighted by Gasteiger charge is -2.06. The van der Waals surface area contributed by atoms with Gasteiger partial charge in [0.1, 0.15) is 0 Å². The average Bonchev–Trinajstić information content (AvgIpc) is 2.82. The van der Waals surface area contributed by atoms with E-state index in [0.29, 0.717) is 13.0 Å². The van der Waals surface area contributed by atoms with E-state index >= 15 is 0 Å². The molecule has 0 radical (unpaired) electrons. The minimum Gasteiger partial charge on any atom is -0.466 e. The SMILES string of the molecule is CCCCCCCCCCCCCCCCCC(=O)OCCCCCCCCCCCC(C)C. The van der Waals surface area contributed by atoms with E-state index < -0.39 is 0 Å². The molecule has 0 aromatic heterocycles. The molecule has 34 heavy (non-hydrogen) atoms. The van der Waals surface area contributed by atoms with Gasteiger partial charge in [-0.3, -0.25) is 4.79 Å². The Morgan fingerprint density at radius 3 is 1.26 bits per heavy atom. The van der Waals surface area contributed by atoms with E-state index in [1.54, 1.807) is 0 Å². The van der Waals surface area contributed by atoms with Gasteiger partial charge in [-0.15, -0.1) is 0 Å². The average molecular weight is 481 g/mol. The van der Waals surface area contributed by atoms with Crippen molar-refractivity contribution in [3.63, 3.8) is 0 Å². The number of hydrogen-bond donors (Lipinski definition) is 0. The summed E-state index contributed by atoms with van der Waals surface area (Å²) in [6, 6.07) is 0. The fourth-order valence-electron chi connectivity index (χ4n) is 4.79. The van der Waals surface area contributed by atoms with Gasteiger partial charge in [0.25, 0.3) is 0 Å². The van der Waals surface area contributed by atoms with Gasteiger partial charge in [-0.05, 0) is 18.8 Å². The first kappa shape index (κ1) is 33.5. The number of carbonyl (C=O) groups excluding carboxylic acids is 1. The summed E-state index contributed by atoms with van der Waals surface area (Å²) in [6.07, 6.45) is 34.3. The molecule has 0 amide bonds. The van der Waals surface area contributed by atoms with Gasteiger partial charge in [0.05, 0.1) is 6.61 Å². The third-order valence-corrected chi connectivity index (χ3v) is 7.17. The summed E-state index contributed by atoms with van der Waals surface area (Å²) in [7, 11) is 0. The first-order chi connectivity index (χ1) is 16.7. The second-order valence-electron chi connectivity index (χ2n) is 11.3. The molecule has 0 fully saturated rings. The van der Waals surface area contributed by atoms with Crippen molar-refractivity contribution < 1.29 is 9.53 Å². The highest BCUT2D eigenvalue weighted by Crippen LogP contribution is 2.15. The second kappa shape index (κ2) is 28.7. The van der Waals surface area contributed by atoms with Crippen molar-refractivity contribution in [2.24, 2.45) is 5.92 Å². The predicted molar refractivity (Wildman–Crippen MR) is 152 cm³/mol. The van der Waals surface area contributed by atoms with E-state index in [1.165, 1.54) is 148 Å². The monoisotopic (exact) mass is 480 g/mol. The number of esters is 1. The van der Waals surface area contributed by atoms with Crippen LogP contribution in [0.4, 0.5) is 0 Å². The largest absolute Gasteiger partial charge is 0.466 e. The third-order valence-electron chi connectivity index (χ3n) is 7.17. The first-order valence-electron chi connectivity index (χ1n) is 15.8. The molecule has 0 unspecified atom stereocenters. The topological polar surface area (TPSA) is 26.3 Å². The molecule has 0 aliphatic heterocycles. The molecule has 0 heterocycles. The van der Waals surface area contributed by atoms with E-state index in [0.717, 1.165) is 18.8 Å². The predicted octanol–water partition coefficient (Wildman–Crippen LogP) is 11.3. The van der Waals surface area contributed by atoms with Crippen LogP contribution in [0.15, 0.2) is 0 Å². The van der Waals surface area contributed by atoms with Crippen molar-refractivity contribution in [2.45, 2.75) is 188 Å². The lowest BCUT2D eigenvalue weighted by Crippen LogP contribution is -2.05. The quantitative estimate of drug-likeness (QED) is 0.0821. The van der Waals surface area contributed by atoms with E-state index in [9.17, 15) is 4.79 Å². The standard InChI is InChI=1S/C32H64O2/c1-4-5-6-7-8-9-10-11-12-13-14-17-20-23-26-29-32(33)34-30-27-24-21-18-15-16-19-22-25-28-31(2)3/h31H,4-30H2,1-3H3. The van der Waals surface area contributed by atoms with Crippen LogP contribution in [0.3, 0.4) is 0 Å². The molecular formula is C32H64O2. The van der Waals surface area contributed by atoms with Gasteiger partial charge >= 0.3 is 5.97 Å². The molecular weight excluding hydrogens is 416 g/mol. The highest BCUT2D eigenvalue weighted by Gasteiger charge is 2.03. The Kier molecular flexibility index (Phi) is 28.3. The molecule has 0 aliphatic rings. The minimum absolute atomic E-state index is 0.0242. The van der Waals surface area contributed by atoms with Crippen LogP contribution in [0.25, 0.3) is 0 Å². The van der Waals surface area contributed by atoms with Crippen LogP contribution < -0.4 is 0 Å². The first-order valence-corrected chi connectivity index (χ1v) is 15.8. The van der Waals surface area contributed by atoms with E-state index in [4.69, 9.17) is 4.74 Å². The summed E-state index contributed by atoms with van der Waals surface area (Å²) < 4.78 is 5.41. The Balaban J connectivity index is 3.15. The Labute approximate surface area is 215 Å². The fraction of sp³-hybridized carbons (Fsp3) is 0.969. The van der Waals surface area contributed by atoms with Crippen molar-refractivity contribution in [2.75, 3.05) is 6.61 Å². The van der Waals surface area contributed by atoms with Crippen LogP contribution in [0.2, 0.25) is 0 Å². The van der Waals surface area contributed by atoms with Crippen molar-refractivity contribution in [3.8, 4) is 0 Å². The lowest BCUT2D eigenvalue weighted by molar-refractivity contribution is -0.143. The van der Waals surface area contributed by atoms with Crippen molar-refractivity contribution in [1.29, 1.82) is 0 Å². The number of carbonyl (C=O) groups is 1. The van der Waals surface area contributed by atoms with Crippen LogP contribution >= 0.6 is 0 Å². The molecule has 0 aromatic carbocycles. The zero-order valence-electron chi connectivity index (χ0n) is 24.0. The van der Waals surface area contributed by atoms with E-state index in [-0.39, 0.29) is 5.97 Å². The highest BCUT2D eigenvalue weighted by molar-refractivity contribution is 5.69. The zero-order valence-corrected chi connectivity index (χ0v) is 24.0. The summed E-state index contributed by atoms with van der Waals surface area (Å²) in [5.41, 5.74) is 0. The fourth-order valence-corrected chi connectivity index (χ4v) is 4.79. The van der Waals surface area contributed by atoms with Crippen molar-refractivity contribution >= 4 is 5.97 Å². The Hall–Kier alpha value is -0.530. The van der Waals surface area contributed by atoms with Gasteiger partial charge in [-0.2, -0.15) is 0 Å². The van der Waals surface area contributed by atoms with Crippen LogP contribution in [0, 0.1) is 5.92 Å². The summed E-state index contributed by atoms with van der Waals surface area (Å²) in [5.74, 6) is 0.884. The summed E-state index contributed by atoms with van der Waals surface area (Å²) >= 11 is 0. The molecule has 0 saturated heterocycles. The molecule has 2 nitrogen and oxygen atoms in total. The molecule has 0 atom stereocenters. The lowest BCUT2D eigenvalue weighted by atomic mass is 10.0. The van der Waals surface area contributed by atoms with Gasteiger partial charge in [0, 0.05) is 6.42 Å². The number of rotatable bonds is 28. The second-order valence-corrected chi connectivity index (χ2v) is 11.3.